The lowest BCUT2D eigenvalue weighted by atomic mass is 9.93. The maximum Gasteiger partial charge on any atom is 0.244 e. The van der Waals surface area contributed by atoms with E-state index in [2.05, 4.69) is 28.4 Å². The molecule has 1 aliphatic carbocycles. The van der Waals surface area contributed by atoms with Crippen molar-refractivity contribution in [3.8, 4) is 0 Å². The average molecular weight is 270 g/mol. The zero-order valence-corrected chi connectivity index (χ0v) is 11.8. The molecule has 1 saturated heterocycles. The highest BCUT2D eigenvalue weighted by atomic mass is 16.2. The van der Waals surface area contributed by atoms with Crippen LogP contribution in [-0.4, -0.2) is 30.4 Å². The Morgan fingerprint density at radius 2 is 1.90 bits per heavy atom. The Kier molecular flexibility index (Phi) is 3.03. The van der Waals surface area contributed by atoms with Gasteiger partial charge in [0.2, 0.25) is 5.91 Å². The SMILES string of the molecule is O=C(C1NCCc2ccccc21)N1CC2CCCC2C1. The van der Waals surface area contributed by atoms with Gasteiger partial charge < -0.3 is 10.2 Å². The first-order valence-corrected chi connectivity index (χ1v) is 7.93. The number of carbonyl (C=O) groups excluding carboxylic acids is 1. The van der Waals surface area contributed by atoms with E-state index in [9.17, 15) is 4.79 Å². The largest absolute Gasteiger partial charge is 0.340 e. The van der Waals surface area contributed by atoms with Gasteiger partial charge in [-0.1, -0.05) is 30.7 Å². The van der Waals surface area contributed by atoms with Gasteiger partial charge in [-0.2, -0.15) is 0 Å². The summed E-state index contributed by atoms with van der Waals surface area (Å²) in [6.45, 7) is 2.89. The van der Waals surface area contributed by atoms with Crippen molar-refractivity contribution in [2.24, 2.45) is 11.8 Å². The van der Waals surface area contributed by atoms with E-state index in [1.54, 1.807) is 0 Å². The summed E-state index contributed by atoms with van der Waals surface area (Å²) < 4.78 is 0. The molecule has 3 nitrogen and oxygen atoms in total. The number of nitrogens with zero attached hydrogens (tertiary/aromatic N) is 1. The molecule has 0 spiro atoms. The Hall–Kier alpha value is -1.35. The number of nitrogens with one attached hydrogen (secondary N) is 1. The highest BCUT2D eigenvalue weighted by Crippen LogP contribution is 2.38. The number of fused-ring (bicyclic) bond motifs is 2. The molecule has 0 bridgehead atoms. The number of carbonyl (C=O) groups is 1. The molecule has 2 aliphatic heterocycles. The minimum Gasteiger partial charge on any atom is -0.340 e. The number of rotatable bonds is 1. The normalized spacial score (nSPS) is 32.0. The van der Waals surface area contributed by atoms with Crippen LogP contribution in [0.15, 0.2) is 24.3 Å². The van der Waals surface area contributed by atoms with Gasteiger partial charge in [-0.3, -0.25) is 4.79 Å². The first-order valence-electron chi connectivity index (χ1n) is 7.93. The highest BCUT2D eigenvalue weighted by Gasteiger charge is 2.40. The van der Waals surface area contributed by atoms with Crippen LogP contribution in [0.3, 0.4) is 0 Å². The molecule has 20 heavy (non-hydrogen) atoms. The molecule has 1 amide bonds. The smallest absolute Gasteiger partial charge is 0.244 e. The lowest BCUT2D eigenvalue weighted by molar-refractivity contribution is -0.133. The van der Waals surface area contributed by atoms with Crippen LogP contribution in [0.4, 0.5) is 0 Å². The fraction of sp³-hybridized carbons (Fsp3) is 0.588. The minimum absolute atomic E-state index is 0.112. The van der Waals surface area contributed by atoms with Gasteiger partial charge in [0.05, 0.1) is 0 Å². The Morgan fingerprint density at radius 3 is 2.70 bits per heavy atom. The van der Waals surface area contributed by atoms with Crippen molar-refractivity contribution in [3.05, 3.63) is 35.4 Å². The van der Waals surface area contributed by atoms with Crippen molar-refractivity contribution in [2.75, 3.05) is 19.6 Å². The van der Waals surface area contributed by atoms with Gasteiger partial charge in [-0.25, -0.2) is 0 Å². The third kappa shape index (κ3) is 1.96. The average Bonchev–Trinajstić information content (AvgIpc) is 3.07. The molecule has 3 atom stereocenters. The van der Waals surface area contributed by atoms with E-state index in [1.165, 1.54) is 30.4 Å². The molecule has 0 radical (unpaired) electrons. The van der Waals surface area contributed by atoms with Gasteiger partial charge >= 0.3 is 0 Å². The predicted octanol–water partition coefficient (Wildman–Crippen LogP) is 2.13. The van der Waals surface area contributed by atoms with Crippen LogP contribution in [0, 0.1) is 11.8 Å². The van der Waals surface area contributed by atoms with Crippen molar-refractivity contribution in [3.63, 3.8) is 0 Å². The van der Waals surface area contributed by atoms with Gasteiger partial charge in [0.15, 0.2) is 0 Å². The van der Waals surface area contributed by atoms with Gasteiger partial charge in [0, 0.05) is 19.6 Å². The topological polar surface area (TPSA) is 32.3 Å². The first kappa shape index (κ1) is 12.4. The second kappa shape index (κ2) is 4.88. The van der Waals surface area contributed by atoms with Crippen LogP contribution in [0.1, 0.15) is 36.4 Å². The maximum atomic E-state index is 12.9. The minimum atomic E-state index is -0.112. The van der Waals surface area contributed by atoms with Crippen molar-refractivity contribution in [1.29, 1.82) is 0 Å². The maximum absolute atomic E-state index is 12.9. The molecular formula is C17H22N2O. The standard InChI is InChI=1S/C17H22N2O/c20-17(19-10-13-5-3-6-14(13)11-19)16-15-7-2-1-4-12(15)8-9-18-16/h1-2,4,7,13-14,16,18H,3,5-6,8-11H2. The van der Waals surface area contributed by atoms with Gasteiger partial charge in [0.1, 0.15) is 6.04 Å². The van der Waals surface area contributed by atoms with Crippen LogP contribution < -0.4 is 5.32 Å². The number of likely N-dealkylation sites (tertiary alicyclic amines) is 1. The molecule has 1 aromatic rings. The lowest BCUT2D eigenvalue weighted by Gasteiger charge is -2.30. The molecule has 2 fully saturated rings. The zero-order chi connectivity index (χ0) is 13.5. The molecule has 0 aromatic heterocycles. The molecule has 4 rings (SSSR count). The summed E-state index contributed by atoms with van der Waals surface area (Å²) in [5.41, 5.74) is 2.53. The Bertz CT molecular complexity index is 515. The molecule has 106 valence electrons. The molecule has 1 N–H and O–H groups in total. The quantitative estimate of drug-likeness (QED) is 0.848. The summed E-state index contributed by atoms with van der Waals surface area (Å²) in [5, 5.41) is 3.43. The van der Waals surface area contributed by atoms with E-state index in [0.29, 0.717) is 5.91 Å². The lowest BCUT2D eigenvalue weighted by Crippen LogP contribution is -2.43. The third-order valence-corrected chi connectivity index (χ3v) is 5.39. The van der Waals surface area contributed by atoms with E-state index < -0.39 is 0 Å². The number of benzene rings is 1. The first-order chi connectivity index (χ1) is 9.83. The number of hydrogen-bond donors (Lipinski definition) is 1. The van der Waals surface area contributed by atoms with E-state index in [0.717, 1.165) is 37.9 Å². The molecule has 2 heterocycles. The number of amides is 1. The summed E-state index contributed by atoms with van der Waals surface area (Å²) in [4.78, 5) is 15.0. The summed E-state index contributed by atoms with van der Waals surface area (Å²) in [5.74, 6) is 1.85. The van der Waals surface area contributed by atoms with E-state index in [4.69, 9.17) is 0 Å². The second-order valence-corrected chi connectivity index (χ2v) is 6.53. The van der Waals surface area contributed by atoms with Crippen LogP contribution >= 0.6 is 0 Å². The summed E-state index contributed by atoms with van der Waals surface area (Å²) in [6.07, 6.45) is 5.04. The molecular weight excluding hydrogens is 248 g/mol. The predicted molar refractivity (Wildman–Crippen MR) is 78.3 cm³/mol. The van der Waals surface area contributed by atoms with Crippen molar-refractivity contribution in [1.82, 2.24) is 10.2 Å². The van der Waals surface area contributed by atoms with Crippen LogP contribution in [0.25, 0.3) is 0 Å². The van der Waals surface area contributed by atoms with Crippen LogP contribution in [0.5, 0.6) is 0 Å². The van der Waals surface area contributed by atoms with Gasteiger partial charge in [0.25, 0.3) is 0 Å². The van der Waals surface area contributed by atoms with Gasteiger partial charge in [-0.15, -0.1) is 0 Å². The molecule has 3 heteroatoms. The Balaban J connectivity index is 1.55. The third-order valence-electron chi connectivity index (χ3n) is 5.39. The highest BCUT2D eigenvalue weighted by molar-refractivity contribution is 5.84. The Labute approximate surface area is 120 Å². The number of hydrogen-bond acceptors (Lipinski definition) is 2. The molecule has 1 aromatic carbocycles. The summed E-state index contributed by atoms with van der Waals surface area (Å²) >= 11 is 0. The summed E-state index contributed by atoms with van der Waals surface area (Å²) in [6, 6.07) is 8.28. The van der Waals surface area contributed by atoms with Crippen LogP contribution in [-0.2, 0) is 11.2 Å². The molecule has 3 aliphatic rings. The molecule has 1 saturated carbocycles. The monoisotopic (exact) mass is 270 g/mol. The van der Waals surface area contributed by atoms with Crippen molar-refractivity contribution in [2.45, 2.75) is 31.7 Å². The van der Waals surface area contributed by atoms with Gasteiger partial charge in [-0.05, 0) is 42.2 Å². The van der Waals surface area contributed by atoms with E-state index in [-0.39, 0.29) is 6.04 Å². The van der Waals surface area contributed by atoms with E-state index >= 15 is 0 Å². The second-order valence-electron chi connectivity index (χ2n) is 6.53. The van der Waals surface area contributed by atoms with Crippen molar-refractivity contribution < 1.29 is 4.79 Å². The Morgan fingerprint density at radius 1 is 1.15 bits per heavy atom. The summed E-state index contributed by atoms with van der Waals surface area (Å²) in [7, 11) is 0. The van der Waals surface area contributed by atoms with E-state index in [1.807, 2.05) is 6.07 Å². The van der Waals surface area contributed by atoms with Crippen LogP contribution in [0.2, 0.25) is 0 Å². The molecule has 3 unspecified atom stereocenters. The fourth-order valence-corrected chi connectivity index (χ4v) is 4.32. The fourth-order valence-electron chi connectivity index (χ4n) is 4.32. The zero-order valence-electron chi connectivity index (χ0n) is 11.8. The van der Waals surface area contributed by atoms with Crippen molar-refractivity contribution >= 4 is 5.91 Å².